The van der Waals surface area contributed by atoms with Gasteiger partial charge in [0.05, 0.1) is 25.1 Å². The van der Waals surface area contributed by atoms with Crippen LogP contribution in [0, 0.1) is 5.82 Å². The summed E-state index contributed by atoms with van der Waals surface area (Å²) in [5.41, 5.74) is 3.72. The number of esters is 1. The quantitative estimate of drug-likeness (QED) is 0.234. The summed E-state index contributed by atoms with van der Waals surface area (Å²) >= 11 is 6.04. The Balaban J connectivity index is 1.32. The lowest BCUT2D eigenvalue weighted by atomic mass is 10.1. The molecule has 0 spiro atoms. The molecule has 1 amide bonds. The van der Waals surface area contributed by atoms with Crippen molar-refractivity contribution in [1.29, 1.82) is 0 Å². The van der Waals surface area contributed by atoms with Gasteiger partial charge >= 0.3 is 5.97 Å². The summed E-state index contributed by atoms with van der Waals surface area (Å²) in [6.45, 7) is 4.36. The van der Waals surface area contributed by atoms with Crippen molar-refractivity contribution in [3.8, 4) is 22.8 Å². The molecule has 2 aromatic carbocycles. The van der Waals surface area contributed by atoms with E-state index in [1.807, 2.05) is 24.3 Å². The molecule has 11 heteroatoms. The van der Waals surface area contributed by atoms with E-state index < -0.39 is 5.97 Å². The standard InChI is InChI=1S/C29H27ClFN5O4/c1-3-40-29(38)24-18-25(36(33-24)23-10-6-21(31)7-11-23)19-4-8-22(9-5-19)34-12-14-35(15-13-34)28(37)20-16-26(30)32-27(17-20)39-2/h4-11,16-18H,3,12-15H2,1-2H3. The zero-order valence-electron chi connectivity index (χ0n) is 22.0. The molecule has 0 bridgehead atoms. The van der Waals surface area contributed by atoms with Crippen LogP contribution in [0.1, 0.15) is 27.8 Å². The van der Waals surface area contributed by atoms with Crippen molar-refractivity contribution in [2.75, 3.05) is 44.8 Å². The van der Waals surface area contributed by atoms with Crippen LogP contribution in [-0.4, -0.2) is 71.4 Å². The number of rotatable bonds is 7. The molecule has 9 nitrogen and oxygen atoms in total. The first kappa shape index (κ1) is 27.1. The fourth-order valence-electron chi connectivity index (χ4n) is 4.56. The molecular weight excluding hydrogens is 537 g/mol. The lowest BCUT2D eigenvalue weighted by Gasteiger charge is -2.36. The fraction of sp³-hybridized carbons (Fsp3) is 0.241. The molecule has 4 aromatic rings. The highest BCUT2D eigenvalue weighted by molar-refractivity contribution is 6.29. The first-order valence-corrected chi connectivity index (χ1v) is 13.1. The fourth-order valence-corrected chi connectivity index (χ4v) is 4.77. The van der Waals surface area contributed by atoms with Crippen molar-refractivity contribution in [3.63, 3.8) is 0 Å². The van der Waals surface area contributed by atoms with Gasteiger partial charge in [-0.05, 0) is 55.5 Å². The number of anilines is 1. The van der Waals surface area contributed by atoms with Gasteiger partial charge in [0.2, 0.25) is 5.88 Å². The third-order valence-corrected chi connectivity index (χ3v) is 6.78. The van der Waals surface area contributed by atoms with Crippen LogP contribution in [0.15, 0.2) is 66.7 Å². The van der Waals surface area contributed by atoms with E-state index in [1.165, 1.54) is 19.2 Å². The molecule has 0 aliphatic carbocycles. The van der Waals surface area contributed by atoms with Crippen molar-refractivity contribution >= 4 is 29.2 Å². The Morgan fingerprint density at radius 2 is 1.62 bits per heavy atom. The summed E-state index contributed by atoms with van der Waals surface area (Å²) in [6, 6.07) is 18.6. The first-order valence-electron chi connectivity index (χ1n) is 12.8. The number of methoxy groups -OCH3 is 1. The Labute approximate surface area is 235 Å². The number of nitrogens with zero attached hydrogens (tertiary/aromatic N) is 5. The topological polar surface area (TPSA) is 89.8 Å². The Morgan fingerprint density at radius 3 is 2.27 bits per heavy atom. The highest BCUT2D eigenvalue weighted by Gasteiger charge is 2.24. The molecule has 206 valence electrons. The van der Waals surface area contributed by atoms with Gasteiger partial charge in [0.15, 0.2) is 5.69 Å². The molecule has 1 saturated heterocycles. The van der Waals surface area contributed by atoms with Crippen LogP contribution < -0.4 is 9.64 Å². The number of hydrogen-bond acceptors (Lipinski definition) is 7. The number of ether oxygens (including phenoxy) is 2. The molecule has 1 fully saturated rings. The van der Waals surface area contributed by atoms with Gasteiger partial charge in [-0.25, -0.2) is 18.9 Å². The summed E-state index contributed by atoms with van der Waals surface area (Å²) in [5.74, 6) is -0.714. The number of amides is 1. The molecule has 40 heavy (non-hydrogen) atoms. The summed E-state index contributed by atoms with van der Waals surface area (Å²) < 4.78 is 25.4. The Kier molecular flexibility index (Phi) is 7.97. The minimum absolute atomic E-state index is 0.121. The van der Waals surface area contributed by atoms with Crippen LogP contribution in [0.5, 0.6) is 5.88 Å². The van der Waals surface area contributed by atoms with Crippen LogP contribution >= 0.6 is 11.6 Å². The molecule has 0 atom stereocenters. The summed E-state index contributed by atoms with van der Waals surface area (Å²) in [6.07, 6.45) is 0. The van der Waals surface area contributed by atoms with Crippen LogP contribution in [0.4, 0.5) is 10.1 Å². The van der Waals surface area contributed by atoms with E-state index in [4.69, 9.17) is 21.1 Å². The van der Waals surface area contributed by atoms with Gasteiger partial charge < -0.3 is 19.3 Å². The van der Waals surface area contributed by atoms with E-state index in [0.29, 0.717) is 49.0 Å². The number of hydrogen-bond donors (Lipinski definition) is 0. The lowest BCUT2D eigenvalue weighted by molar-refractivity contribution is 0.0518. The zero-order valence-corrected chi connectivity index (χ0v) is 22.8. The van der Waals surface area contributed by atoms with E-state index in [0.717, 1.165) is 11.3 Å². The maximum Gasteiger partial charge on any atom is 0.358 e. The maximum absolute atomic E-state index is 13.5. The molecule has 2 aromatic heterocycles. The molecule has 1 aliphatic heterocycles. The molecule has 0 radical (unpaired) electrons. The molecule has 1 aliphatic rings. The molecular formula is C29H27ClFN5O4. The van der Waals surface area contributed by atoms with E-state index in [2.05, 4.69) is 15.0 Å². The number of carbonyl (C=O) groups is 2. The van der Waals surface area contributed by atoms with Crippen LogP contribution in [0.3, 0.4) is 0 Å². The highest BCUT2D eigenvalue weighted by atomic mass is 35.5. The predicted octanol–water partition coefficient (Wildman–Crippen LogP) is 4.87. The minimum Gasteiger partial charge on any atom is -0.481 e. The maximum atomic E-state index is 13.5. The van der Waals surface area contributed by atoms with Crippen molar-refractivity contribution in [1.82, 2.24) is 19.7 Å². The van der Waals surface area contributed by atoms with Gasteiger partial charge in [0.25, 0.3) is 5.91 Å². The first-order chi connectivity index (χ1) is 19.4. The molecule has 0 N–H and O–H groups in total. The van der Waals surface area contributed by atoms with Crippen molar-refractivity contribution in [3.05, 3.63) is 89.0 Å². The third kappa shape index (κ3) is 5.76. The Hall–Kier alpha value is -4.44. The monoisotopic (exact) mass is 563 g/mol. The molecule has 5 rings (SSSR count). The van der Waals surface area contributed by atoms with E-state index in [1.54, 1.807) is 46.8 Å². The number of pyridine rings is 1. The van der Waals surface area contributed by atoms with Gasteiger partial charge in [0, 0.05) is 49.1 Å². The van der Waals surface area contributed by atoms with E-state index in [9.17, 15) is 14.0 Å². The second-order valence-electron chi connectivity index (χ2n) is 9.07. The van der Waals surface area contributed by atoms with E-state index >= 15 is 0 Å². The van der Waals surface area contributed by atoms with Gasteiger partial charge in [-0.2, -0.15) is 5.10 Å². The summed E-state index contributed by atoms with van der Waals surface area (Å²) in [5, 5.41) is 4.64. The molecule has 3 heterocycles. The predicted molar refractivity (Wildman–Crippen MR) is 149 cm³/mol. The van der Waals surface area contributed by atoms with E-state index in [-0.39, 0.29) is 29.2 Å². The largest absolute Gasteiger partial charge is 0.481 e. The number of benzene rings is 2. The van der Waals surface area contributed by atoms with Crippen molar-refractivity contribution in [2.45, 2.75) is 6.92 Å². The number of aromatic nitrogens is 3. The van der Waals surface area contributed by atoms with Gasteiger partial charge in [0.1, 0.15) is 11.0 Å². The Bertz CT molecular complexity index is 1520. The number of carbonyl (C=O) groups excluding carboxylic acids is 2. The SMILES string of the molecule is CCOC(=O)c1cc(-c2ccc(N3CCN(C(=O)c4cc(Cl)nc(OC)c4)CC3)cc2)n(-c2ccc(F)cc2)n1. The van der Waals surface area contributed by atoms with Crippen LogP contribution in [0.2, 0.25) is 5.15 Å². The highest BCUT2D eigenvalue weighted by Crippen LogP contribution is 2.28. The van der Waals surface area contributed by atoms with Gasteiger partial charge in [-0.3, -0.25) is 4.79 Å². The second-order valence-corrected chi connectivity index (χ2v) is 9.46. The summed E-state index contributed by atoms with van der Waals surface area (Å²) in [7, 11) is 1.48. The zero-order chi connectivity index (χ0) is 28.2. The number of piperazine rings is 1. The molecule has 0 unspecified atom stereocenters. The second kappa shape index (κ2) is 11.7. The minimum atomic E-state index is -0.527. The number of halogens is 2. The van der Waals surface area contributed by atoms with Crippen LogP contribution in [0.25, 0.3) is 16.9 Å². The Morgan fingerprint density at radius 1 is 0.950 bits per heavy atom. The van der Waals surface area contributed by atoms with Gasteiger partial charge in [-0.1, -0.05) is 23.7 Å². The third-order valence-electron chi connectivity index (χ3n) is 6.59. The van der Waals surface area contributed by atoms with Gasteiger partial charge in [-0.15, -0.1) is 0 Å². The smallest absolute Gasteiger partial charge is 0.358 e. The van der Waals surface area contributed by atoms with Crippen molar-refractivity contribution < 1.29 is 23.5 Å². The average Bonchev–Trinajstić information content (AvgIpc) is 3.43. The van der Waals surface area contributed by atoms with Crippen molar-refractivity contribution in [2.24, 2.45) is 0 Å². The average molecular weight is 564 g/mol. The molecule has 0 saturated carbocycles. The summed E-state index contributed by atoms with van der Waals surface area (Å²) in [4.78, 5) is 33.4. The normalized spacial score (nSPS) is 13.3. The lowest BCUT2D eigenvalue weighted by Crippen LogP contribution is -2.48. The van der Waals surface area contributed by atoms with Crippen LogP contribution in [-0.2, 0) is 4.74 Å².